The van der Waals surface area contributed by atoms with Crippen LogP contribution < -0.4 is 4.74 Å². The molecule has 1 aliphatic heterocycles. The highest BCUT2D eigenvalue weighted by atomic mass is 32.2. The molecule has 142 valence electrons. The molecule has 1 N–H and O–H groups in total. The first-order chi connectivity index (χ1) is 12.4. The molecule has 1 aromatic heterocycles. The summed E-state index contributed by atoms with van der Waals surface area (Å²) in [5, 5.41) is 0.664. The Bertz CT molecular complexity index is 895. The van der Waals surface area contributed by atoms with Gasteiger partial charge in [0.15, 0.2) is 15.0 Å². The number of carbonyl (C=O) groups excluding carboxylic acids is 1. The van der Waals surface area contributed by atoms with Crippen molar-refractivity contribution in [1.29, 1.82) is 0 Å². The molecule has 0 radical (unpaired) electrons. The fourth-order valence-electron chi connectivity index (χ4n) is 3.16. The summed E-state index contributed by atoms with van der Waals surface area (Å²) in [6.45, 7) is 4.92. The first kappa shape index (κ1) is 19.0. The number of aromatic nitrogens is 2. The van der Waals surface area contributed by atoms with Gasteiger partial charge in [-0.05, 0) is 32.4 Å². The van der Waals surface area contributed by atoms with Crippen molar-refractivity contribution in [1.82, 2.24) is 14.9 Å². The van der Waals surface area contributed by atoms with Crippen LogP contribution in [0.15, 0.2) is 23.4 Å². The number of ether oxygens (including phenoxy) is 1. The minimum atomic E-state index is -3.01. The van der Waals surface area contributed by atoms with E-state index >= 15 is 0 Å². The van der Waals surface area contributed by atoms with E-state index < -0.39 is 9.84 Å². The summed E-state index contributed by atoms with van der Waals surface area (Å²) in [6, 6.07) is 5.43. The molecule has 9 heteroatoms. The Kier molecular flexibility index (Phi) is 5.76. The molecule has 3 rings (SSSR count). The van der Waals surface area contributed by atoms with Crippen molar-refractivity contribution in [2.45, 2.75) is 31.5 Å². The van der Waals surface area contributed by atoms with Gasteiger partial charge in [0, 0.05) is 18.7 Å². The third-order valence-electron chi connectivity index (χ3n) is 4.39. The molecular weight excluding hydrogens is 374 g/mol. The lowest BCUT2D eigenvalue weighted by molar-refractivity contribution is -0.129. The summed E-state index contributed by atoms with van der Waals surface area (Å²) in [4.78, 5) is 21.9. The summed E-state index contributed by atoms with van der Waals surface area (Å²) in [5.74, 6) is 1.18. The van der Waals surface area contributed by atoms with Crippen LogP contribution in [0.3, 0.4) is 0 Å². The van der Waals surface area contributed by atoms with Crippen molar-refractivity contribution < 1.29 is 17.9 Å². The number of thioether (sulfide) groups is 1. The van der Waals surface area contributed by atoms with Crippen LogP contribution in [0.5, 0.6) is 5.75 Å². The van der Waals surface area contributed by atoms with Crippen molar-refractivity contribution in [2.24, 2.45) is 0 Å². The lowest BCUT2D eigenvalue weighted by Gasteiger charge is -2.26. The number of benzene rings is 1. The van der Waals surface area contributed by atoms with Gasteiger partial charge in [-0.1, -0.05) is 11.8 Å². The highest BCUT2D eigenvalue weighted by molar-refractivity contribution is 7.99. The number of hydrogen-bond acceptors (Lipinski definition) is 6. The molecule has 1 amide bonds. The average Bonchev–Trinajstić information content (AvgIpc) is 3.16. The van der Waals surface area contributed by atoms with Gasteiger partial charge in [-0.3, -0.25) is 4.79 Å². The lowest BCUT2D eigenvalue weighted by Crippen LogP contribution is -2.41. The minimum absolute atomic E-state index is 0.0601. The van der Waals surface area contributed by atoms with Crippen molar-refractivity contribution in [3.05, 3.63) is 18.2 Å². The molecule has 2 aromatic rings. The number of aromatic amines is 1. The molecular formula is C17H23N3O4S2. The van der Waals surface area contributed by atoms with E-state index in [-0.39, 0.29) is 29.2 Å². The molecule has 0 unspecified atom stereocenters. The van der Waals surface area contributed by atoms with E-state index in [2.05, 4.69) is 9.97 Å². The van der Waals surface area contributed by atoms with E-state index in [1.807, 2.05) is 32.0 Å². The third-order valence-corrected chi connectivity index (χ3v) is 6.99. The van der Waals surface area contributed by atoms with Crippen molar-refractivity contribution in [3.63, 3.8) is 0 Å². The molecule has 1 atom stereocenters. The van der Waals surface area contributed by atoms with Gasteiger partial charge in [0.05, 0.1) is 34.9 Å². The molecule has 0 spiro atoms. The largest absolute Gasteiger partial charge is 0.494 e. The molecule has 2 heterocycles. The molecule has 0 aliphatic carbocycles. The quantitative estimate of drug-likeness (QED) is 0.719. The van der Waals surface area contributed by atoms with Crippen LogP contribution in [0.25, 0.3) is 11.0 Å². The standard InChI is InChI=1S/C17H23N3O4S2/c1-3-20(12-7-8-26(22,23)11-12)16(21)10-25-17-18-14-6-5-13(24-4-2)9-15(14)19-17/h5-6,9,12H,3-4,7-8,10-11H2,1-2H3,(H,18,19)/t12-/m0/s1. The number of H-pyrrole nitrogens is 1. The highest BCUT2D eigenvalue weighted by Gasteiger charge is 2.33. The Morgan fingerprint density at radius 3 is 2.88 bits per heavy atom. The molecule has 26 heavy (non-hydrogen) atoms. The Morgan fingerprint density at radius 2 is 2.23 bits per heavy atom. The number of amides is 1. The van der Waals surface area contributed by atoms with E-state index in [1.165, 1.54) is 11.8 Å². The van der Waals surface area contributed by atoms with Crippen molar-refractivity contribution in [3.8, 4) is 5.75 Å². The smallest absolute Gasteiger partial charge is 0.233 e. The number of sulfone groups is 1. The number of carbonyl (C=O) groups is 1. The van der Waals surface area contributed by atoms with Gasteiger partial charge < -0.3 is 14.6 Å². The van der Waals surface area contributed by atoms with Crippen LogP contribution in [-0.2, 0) is 14.6 Å². The van der Waals surface area contributed by atoms with Crippen LogP contribution >= 0.6 is 11.8 Å². The second-order valence-electron chi connectivity index (χ2n) is 6.18. The number of nitrogens with zero attached hydrogens (tertiary/aromatic N) is 2. The van der Waals surface area contributed by atoms with E-state index in [4.69, 9.17) is 4.74 Å². The summed E-state index contributed by atoms with van der Waals surface area (Å²) < 4.78 is 28.8. The summed E-state index contributed by atoms with van der Waals surface area (Å²) in [6.07, 6.45) is 0.525. The third kappa shape index (κ3) is 4.32. The average molecular weight is 398 g/mol. The number of rotatable bonds is 7. The first-order valence-electron chi connectivity index (χ1n) is 8.67. The maximum Gasteiger partial charge on any atom is 0.233 e. The summed E-state index contributed by atoms with van der Waals surface area (Å²) >= 11 is 1.33. The molecule has 1 aromatic carbocycles. The maximum absolute atomic E-state index is 12.5. The predicted octanol–water partition coefficient (Wildman–Crippen LogP) is 2.09. The summed E-state index contributed by atoms with van der Waals surface area (Å²) in [5.41, 5.74) is 1.68. The Labute approximate surface area is 157 Å². The fourth-order valence-corrected chi connectivity index (χ4v) is 5.66. The van der Waals surface area contributed by atoms with E-state index in [0.717, 1.165) is 16.8 Å². The first-order valence-corrected chi connectivity index (χ1v) is 11.5. The highest BCUT2D eigenvalue weighted by Crippen LogP contribution is 2.24. The van der Waals surface area contributed by atoms with Crippen molar-refractivity contribution in [2.75, 3.05) is 30.4 Å². The van der Waals surface area contributed by atoms with Gasteiger partial charge in [0.2, 0.25) is 5.91 Å². The Hall–Kier alpha value is -1.74. The zero-order chi connectivity index (χ0) is 18.7. The normalized spacial score (nSPS) is 18.9. The number of nitrogens with one attached hydrogen (secondary N) is 1. The maximum atomic E-state index is 12.5. The molecule has 1 fully saturated rings. The second-order valence-corrected chi connectivity index (χ2v) is 9.37. The molecule has 1 saturated heterocycles. The topological polar surface area (TPSA) is 92.4 Å². The predicted molar refractivity (Wildman–Crippen MR) is 102 cm³/mol. The number of hydrogen-bond donors (Lipinski definition) is 1. The lowest BCUT2D eigenvalue weighted by atomic mass is 10.2. The summed E-state index contributed by atoms with van der Waals surface area (Å²) in [7, 11) is -3.01. The molecule has 7 nitrogen and oxygen atoms in total. The van der Waals surface area contributed by atoms with E-state index in [9.17, 15) is 13.2 Å². The fraction of sp³-hybridized carbons (Fsp3) is 0.529. The van der Waals surface area contributed by atoms with Gasteiger partial charge in [-0.15, -0.1) is 0 Å². The zero-order valence-electron chi connectivity index (χ0n) is 14.9. The SMILES string of the molecule is CCOc1ccc2nc(SCC(=O)N(CC)[C@H]3CCS(=O)(=O)C3)[nH]c2c1. The zero-order valence-corrected chi connectivity index (χ0v) is 16.5. The van der Waals surface area contributed by atoms with Gasteiger partial charge >= 0.3 is 0 Å². The minimum Gasteiger partial charge on any atom is -0.494 e. The van der Waals surface area contributed by atoms with Gasteiger partial charge in [-0.2, -0.15) is 0 Å². The van der Waals surface area contributed by atoms with Crippen LogP contribution in [0, 0.1) is 0 Å². The number of imidazole rings is 1. The van der Waals surface area contributed by atoms with E-state index in [0.29, 0.717) is 24.7 Å². The molecule has 0 bridgehead atoms. The molecule has 1 aliphatic rings. The van der Waals surface area contributed by atoms with Crippen LogP contribution in [0.4, 0.5) is 0 Å². The second kappa shape index (κ2) is 7.87. The van der Waals surface area contributed by atoms with Crippen LogP contribution in [0.1, 0.15) is 20.3 Å². The van der Waals surface area contributed by atoms with Gasteiger partial charge in [0.25, 0.3) is 0 Å². The van der Waals surface area contributed by atoms with Crippen molar-refractivity contribution >= 4 is 38.5 Å². The Morgan fingerprint density at radius 1 is 1.42 bits per heavy atom. The van der Waals surface area contributed by atoms with Gasteiger partial charge in [0.1, 0.15) is 5.75 Å². The van der Waals surface area contributed by atoms with E-state index in [1.54, 1.807) is 4.90 Å². The van der Waals surface area contributed by atoms with Gasteiger partial charge in [-0.25, -0.2) is 13.4 Å². The Balaban J connectivity index is 1.64. The van der Waals surface area contributed by atoms with Crippen LogP contribution in [0.2, 0.25) is 0 Å². The van der Waals surface area contributed by atoms with Crippen LogP contribution in [-0.4, -0.2) is 65.6 Å². The monoisotopic (exact) mass is 397 g/mol. The molecule has 0 saturated carbocycles. The number of fused-ring (bicyclic) bond motifs is 1.